The van der Waals surface area contributed by atoms with Gasteiger partial charge in [-0.1, -0.05) is 0 Å². The minimum absolute atomic E-state index is 0.0391. The SMILES string of the molecule is COc1ccc(NC(=O)CN2CCN(c3ccc(F)cc3)C2=O)cc1. The van der Waals surface area contributed by atoms with Crippen molar-refractivity contribution < 1.29 is 18.7 Å². The van der Waals surface area contributed by atoms with Gasteiger partial charge in [0.2, 0.25) is 5.91 Å². The molecular formula is C18H18FN3O3. The summed E-state index contributed by atoms with van der Waals surface area (Å²) in [5, 5.41) is 2.75. The van der Waals surface area contributed by atoms with Crippen LogP contribution in [0.2, 0.25) is 0 Å². The first-order valence-corrected chi connectivity index (χ1v) is 7.83. The third-order valence-electron chi connectivity index (χ3n) is 3.94. The summed E-state index contributed by atoms with van der Waals surface area (Å²) >= 11 is 0. The lowest BCUT2D eigenvalue weighted by Gasteiger charge is -2.18. The summed E-state index contributed by atoms with van der Waals surface area (Å²) in [6.45, 7) is 0.856. The number of amides is 3. The Labute approximate surface area is 144 Å². The molecule has 0 spiro atoms. The number of benzene rings is 2. The van der Waals surface area contributed by atoms with Gasteiger partial charge in [-0.2, -0.15) is 0 Å². The fourth-order valence-corrected chi connectivity index (χ4v) is 2.64. The molecule has 1 heterocycles. The maximum atomic E-state index is 13.0. The summed E-state index contributed by atoms with van der Waals surface area (Å²) in [4.78, 5) is 27.6. The molecule has 0 unspecified atom stereocenters. The number of carbonyl (C=O) groups is 2. The predicted octanol–water partition coefficient (Wildman–Crippen LogP) is 2.72. The normalized spacial score (nSPS) is 13.9. The van der Waals surface area contributed by atoms with Crippen LogP contribution in [0.5, 0.6) is 5.75 Å². The summed E-state index contributed by atoms with van der Waals surface area (Å²) < 4.78 is 18.1. The van der Waals surface area contributed by atoms with Crippen LogP contribution in [-0.2, 0) is 4.79 Å². The smallest absolute Gasteiger partial charge is 0.325 e. The Balaban J connectivity index is 1.58. The minimum Gasteiger partial charge on any atom is -0.497 e. The van der Waals surface area contributed by atoms with E-state index in [2.05, 4.69) is 5.32 Å². The number of methoxy groups -OCH3 is 1. The number of nitrogens with one attached hydrogen (secondary N) is 1. The van der Waals surface area contributed by atoms with Crippen LogP contribution in [0, 0.1) is 5.82 Å². The van der Waals surface area contributed by atoms with E-state index >= 15 is 0 Å². The second kappa shape index (κ2) is 7.21. The lowest BCUT2D eigenvalue weighted by molar-refractivity contribution is -0.116. The van der Waals surface area contributed by atoms with Crippen LogP contribution < -0.4 is 15.0 Å². The number of urea groups is 1. The molecule has 3 rings (SSSR count). The van der Waals surface area contributed by atoms with Crippen molar-refractivity contribution in [1.82, 2.24) is 4.90 Å². The molecule has 1 aliphatic rings. The summed E-state index contributed by atoms with van der Waals surface area (Å²) in [6, 6.07) is 12.4. The second-order valence-electron chi connectivity index (χ2n) is 5.61. The monoisotopic (exact) mass is 343 g/mol. The summed E-state index contributed by atoms with van der Waals surface area (Å²) in [7, 11) is 1.57. The van der Waals surface area contributed by atoms with Gasteiger partial charge in [0, 0.05) is 24.5 Å². The zero-order valence-electron chi connectivity index (χ0n) is 13.7. The lowest BCUT2D eigenvalue weighted by Crippen LogP contribution is -2.37. The summed E-state index contributed by atoms with van der Waals surface area (Å²) in [5.41, 5.74) is 1.25. The Bertz CT molecular complexity index is 762. The van der Waals surface area contributed by atoms with Crippen LogP contribution in [0.25, 0.3) is 0 Å². The molecule has 2 aromatic rings. The van der Waals surface area contributed by atoms with Crippen LogP contribution in [0.1, 0.15) is 0 Å². The molecule has 0 aliphatic carbocycles. The highest BCUT2D eigenvalue weighted by Crippen LogP contribution is 2.21. The first kappa shape index (κ1) is 16.8. The van der Waals surface area contributed by atoms with Gasteiger partial charge in [0.15, 0.2) is 0 Å². The molecule has 130 valence electrons. The average Bonchev–Trinajstić information content (AvgIpc) is 2.97. The van der Waals surface area contributed by atoms with Crippen molar-refractivity contribution >= 4 is 23.3 Å². The maximum Gasteiger partial charge on any atom is 0.325 e. The fraction of sp³-hybridized carbons (Fsp3) is 0.222. The van der Waals surface area contributed by atoms with Gasteiger partial charge in [-0.15, -0.1) is 0 Å². The number of carbonyl (C=O) groups excluding carboxylic acids is 2. The van der Waals surface area contributed by atoms with Crippen molar-refractivity contribution in [3.05, 3.63) is 54.3 Å². The molecule has 1 aliphatic heterocycles. The highest BCUT2D eigenvalue weighted by atomic mass is 19.1. The molecule has 1 fully saturated rings. The van der Waals surface area contributed by atoms with Gasteiger partial charge in [-0.3, -0.25) is 9.69 Å². The van der Waals surface area contributed by atoms with E-state index in [0.29, 0.717) is 30.2 Å². The standard InChI is InChI=1S/C18H18FN3O3/c1-25-16-8-4-14(5-9-16)20-17(23)12-21-10-11-22(18(21)24)15-6-2-13(19)3-7-15/h2-9H,10-12H2,1H3,(H,20,23). The Morgan fingerprint density at radius 3 is 2.44 bits per heavy atom. The van der Waals surface area contributed by atoms with Crippen molar-refractivity contribution in [1.29, 1.82) is 0 Å². The molecule has 0 aromatic heterocycles. The Kier molecular flexibility index (Phi) is 4.83. The Morgan fingerprint density at radius 1 is 1.12 bits per heavy atom. The highest BCUT2D eigenvalue weighted by Gasteiger charge is 2.30. The van der Waals surface area contributed by atoms with E-state index in [-0.39, 0.29) is 24.3 Å². The van der Waals surface area contributed by atoms with Crippen molar-refractivity contribution in [2.45, 2.75) is 0 Å². The molecule has 7 heteroatoms. The minimum atomic E-state index is -0.355. The fourth-order valence-electron chi connectivity index (χ4n) is 2.64. The van der Waals surface area contributed by atoms with E-state index in [1.54, 1.807) is 43.5 Å². The van der Waals surface area contributed by atoms with Crippen molar-refractivity contribution in [2.75, 3.05) is 37.0 Å². The third-order valence-corrected chi connectivity index (χ3v) is 3.94. The highest BCUT2D eigenvalue weighted by molar-refractivity contribution is 5.99. The van der Waals surface area contributed by atoms with Crippen LogP contribution in [-0.4, -0.2) is 43.6 Å². The van der Waals surface area contributed by atoms with Gasteiger partial charge in [0.05, 0.1) is 7.11 Å². The number of halogens is 1. The topological polar surface area (TPSA) is 61.9 Å². The summed E-state index contributed by atoms with van der Waals surface area (Å²) in [5.74, 6) is 0.0632. The van der Waals surface area contributed by atoms with Crippen LogP contribution in [0.4, 0.5) is 20.6 Å². The van der Waals surface area contributed by atoms with E-state index in [9.17, 15) is 14.0 Å². The molecule has 0 saturated carbocycles. The summed E-state index contributed by atoms with van der Waals surface area (Å²) in [6.07, 6.45) is 0. The van der Waals surface area contributed by atoms with Gasteiger partial charge in [0.1, 0.15) is 18.1 Å². The van der Waals surface area contributed by atoms with Gasteiger partial charge >= 0.3 is 6.03 Å². The molecule has 1 saturated heterocycles. The first-order valence-electron chi connectivity index (χ1n) is 7.83. The molecule has 3 amide bonds. The van der Waals surface area contributed by atoms with E-state index in [0.717, 1.165) is 0 Å². The van der Waals surface area contributed by atoms with E-state index < -0.39 is 0 Å². The Morgan fingerprint density at radius 2 is 1.80 bits per heavy atom. The number of ether oxygens (including phenoxy) is 1. The third kappa shape index (κ3) is 3.88. The maximum absolute atomic E-state index is 13.0. The zero-order chi connectivity index (χ0) is 17.8. The quantitative estimate of drug-likeness (QED) is 0.908. The molecule has 6 nitrogen and oxygen atoms in total. The van der Waals surface area contributed by atoms with E-state index in [4.69, 9.17) is 4.74 Å². The van der Waals surface area contributed by atoms with E-state index in [1.165, 1.54) is 21.9 Å². The van der Waals surface area contributed by atoms with Crippen molar-refractivity contribution in [3.8, 4) is 5.75 Å². The van der Waals surface area contributed by atoms with Crippen molar-refractivity contribution in [2.24, 2.45) is 0 Å². The zero-order valence-corrected chi connectivity index (χ0v) is 13.7. The largest absolute Gasteiger partial charge is 0.497 e. The van der Waals surface area contributed by atoms with Gasteiger partial charge in [-0.25, -0.2) is 9.18 Å². The van der Waals surface area contributed by atoms with Crippen LogP contribution in [0.15, 0.2) is 48.5 Å². The lowest BCUT2D eigenvalue weighted by atomic mass is 10.3. The number of hydrogen-bond donors (Lipinski definition) is 1. The molecule has 1 N–H and O–H groups in total. The number of rotatable bonds is 5. The molecule has 25 heavy (non-hydrogen) atoms. The number of anilines is 2. The number of nitrogens with zero attached hydrogens (tertiary/aromatic N) is 2. The number of hydrogen-bond acceptors (Lipinski definition) is 3. The molecular weight excluding hydrogens is 325 g/mol. The van der Waals surface area contributed by atoms with Crippen LogP contribution >= 0.6 is 0 Å². The van der Waals surface area contributed by atoms with E-state index in [1.807, 2.05) is 0 Å². The van der Waals surface area contributed by atoms with Gasteiger partial charge < -0.3 is 15.0 Å². The second-order valence-corrected chi connectivity index (χ2v) is 5.61. The average molecular weight is 343 g/mol. The molecule has 0 radical (unpaired) electrons. The van der Waals surface area contributed by atoms with Gasteiger partial charge in [0.25, 0.3) is 0 Å². The first-order chi connectivity index (χ1) is 12.1. The molecule has 2 aromatic carbocycles. The molecule has 0 bridgehead atoms. The van der Waals surface area contributed by atoms with Gasteiger partial charge in [-0.05, 0) is 48.5 Å². The van der Waals surface area contributed by atoms with Crippen molar-refractivity contribution in [3.63, 3.8) is 0 Å². The predicted molar refractivity (Wildman–Crippen MR) is 92.3 cm³/mol. The van der Waals surface area contributed by atoms with Crippen LogP contribution in [0.3, 0.4) is 0 Å². The molecule has 0 atom stereocenters. The Hall–Kier alpha value is -3.09.